The lowest BCUT2D eigenvalue weighted by atomic mass is 9.92. The largest absolute Gasteiger partial charge is 0.507 e. The minimum absolute atomic E-state index is 0.0347. The van der Waals surface area contributed by atoms with Crippen molar-refractivity contribution in [3.63, 3.8) is 0 Å². The van der Waals surface area contributed by atoms with Crippen LogP contribution in [0.3, 0.4) is 0 Å². The number of fused-ring (bicyclic) bond motifs is 1. The number of carbonyl (C=O) groups excluding carboxylic acids is 1. The van der Waals surface area contributed by atoms with Gasteiger partial charge < -0.3 is 5.11 Å². The molecule has 0 aromatic heterocycles. The average Bonchev–Trinajstić information content (AvgIpc) is 2.49. The van der Waals surface area contributed by atoms with Crippen LogP contribution in [0.25, 0.3) is 0 Å². The number of carbonyl (C=O) groups is 1. The van der Waals surface area contributed by atoms with Gasteiger partial charge in [-0.1, -0.05) is 36.4 Å². The second-order valence-electron chi connectivity index (χ2n) is 4.65. The van der Waals surface area contributed by atoms with Gasteiger partial charge in [0.1, 0.15) is 5.75 Å². The number of para-hydroxylation sites is 1. The van der Waals surface area contributed by atoms with Crippen molar-refractivity contribution in [2.24, 2.45) is 0 Å². The van der Waals surface area contributed by atoms with Crippen LogP contribution in [0.5, 0.6) is 5.75 Å². The number of aryl methyl sites for hydroxylation is 2. The van der Waals surface area contributed by atoms with E-state index < -0.39 is 0 Å². The Bertz CT molecular complexity index is 521. The van der Waals surface area contributed by atoms with Crippen molar-refractivity contribution in [3.05, 3.63) is 65.2 Å². The second-order valence-corrected chi connectivity index (χ2v) is 4.65. The Hall–Kier alpha value is -2.09. The highest BCUT2D eigenvalue weighted by Gasteiger charge is 2.05. The average molecular weight is 254 g/mol. The SMILES string of the molecule is O=Cc1ccccc1O.c1ccc2c(c1)CCCC2. The van der Waals surface area contributed by atoms with E-state index in [0.29, 0.717) is 11.8 Å². The Morgan fingerprint density at radius 1 is 0.842 bits per heavy atom. The second kappa shape index (κ2) is 6.74. The number of aldehydes is 1. The van der Waals surface area contributed by atoms with E-state index in [1.54, 1.807) is 29.3 Å². The Balaban J connectivity index is 0.000000141. The lowest BCUT2D eigenvalue weighted by Crippen LogP contribution is -2.00. The van der Waals surface area contributed by atoms with Gasteiger partial charge in [0, 0.05) is 0 Å². The van der Waals surface area contributed by atoms with E-state index in [2.05, 4.69) is 24.3 Å². The van der Waals surface area contributed by atoms with Crippen LogP contribution in [0.1, 0.15) is 34.3 Å². The first-order valence-electron chi connectivity index (χ1n) is 6.61. The summed E-state index contributed by atoms with van der Waals surface area (Å²) in [7, 11) is 0. The molecule has 0 saturated carbocycles. The summed E-state index contributed by atoms with van der Waals surface area (Å²) in [5.41, 5.74) is 3.49. The van der Waals surface area contributed by atoms with Gasteiger partial charge in [0.25, 0.3) is 0 Å². The molecular weight excluding hydrogens is 236 g/mol. The van der Waals surface area contributed by atoms with Crippen molar-refractivity contribution in [2.75, 3.05) is 0 Å². The zero-order valence-corrected chi connectivity index (χ0v) is 10.9. The normalized spacial score (nSPS) is 12.8. The summed E-state index contributed by atoms with van der Waals surface area (Å²) >= 11 is 0. The van der Waals surface area contributed by atoms with Crippen LogP contribution in [0, 0.1) is 0 Å². The minimum Gasteiger partial charge on any atom is -0.507 e. The molecule has 98 valence electrons. The van der Waals surface area contributed by atoms with Crippen molar-refractivity contribution in [2.45, 2.75) is 25.7 Å². The Labute approximate surface area is 113 Å². The third-order valence-electron chi connectivity index (χ3n) is 3.32. The molecule has 0 aliphatic heterocycles. The molecule has 0 unspecified atom stereocenters. The molecule has 19 heavy (non-hydrogen) atoms. The molecular formula is C17H18O2. The molecule has 0 amide bonds. The summed E-state index contributed by atoms with van der Waals surface area (Å²) in [4.78, 5) is 10.1. The molecule has 2 aromatic rings. The molecule has 0 radical (unpaired) electrons. The summed E-state index contributed by atoms with van der Waals surface area (Å²) in [6.07, 6.45) is 6.00. The maximum atomic E-state index is 10.1. The minimum atomic E-state index is 0.0347. The van der Waals surface area contributed by atoms with Gasteiger partial charge in [-0.15, -0.1) is 0 Å². The fourth-order valence-corrected chi connectivity index (χ4v) is 2.26. The van der Waals surface area contributed by atoms with Crippen molar-refractivity contribution >= 4 is 6.29 Å². The third-order valence-corrected chi connectivity index (χ3v) is 3.32. The fourth-order valence-electron chi connectivity index (χ4n) is 2.26. The predicted octanol–water partition coefficient (Wildman–Crippen LogP) is 3.77. The number of phenols is 1. The Kier molecular flexibility index (Phi) is 4.73. The van der Waals surface area contributed by atoms with E-state index in [-0.39, 0.29) is 5.75 Å². The highest BCUT2D eigenvalue weighted by molar-refractivity contribution is 5.78. The van der Waals surface area contributed by atoms with Crippen molar-refractivity contribution in [1.82, 2.24) is 0 Å². The highest BCUT2D eigenvalue weighted by Crippen LogP contribution is 2.19. The summed E-state index contributed by atoms with van der Waals surface area (Å²) < 4.78 is 0. The lowest BCUT2D eigenvalue weighted by molar-refractivity contribution is 0.112. The quantitative estimate of drug-likeness (QED) is 0.786. The molecule has 0 atom stereocenters. The molecule has 0 spiro atoms. The molecule has 0 saturated heterocycles. The highest BCUT2D eigenvalue weighted by atomic mass is 16.3. The third kappa shape index (κ3) is 3.68. The van der Waals surface area contributed by atoms with Crippen LogP contribution in [-0.4, -0.2) is 11.4 Å². The van der Waals surface area contributed by atoms with E-state index in [1.807, 2.05) is 0 Å². The molecule has 0 fully saturated rings. The number of rotatable bonds is 1. The molecule has 2 aromatic carbocycles. The van der Waals surface area contributed by atoms with E-state index in [1.165, 1.54) is 31.7 Å². The molecule has 2 heteroatoms. The standard InChI is InChI=1S/C10H12.C7H6O2/c1-2-6-10-8-4-3-7-9(10)5-1;8-5-6-3-1-2-4-7(6)9/h1-2,5-6H,3-4,7-8H2;1-5,9H. The van der Waals surface area contributed by atoms with Crippen LogP contribution >= 0.6 is 0 Å². The van der Waals surface area contributed by atoms with Gasteiger partial charge in [-0.3, -0.25) is 4.79 Å². The van der Waals surface area contributed by atoms with Gasteiger partial charge in [-0.25, -0.2) is 0 Å². The van der Waals surface area contributed by atoms with E-state index >= 15 is 0 Å². The number of phenolic OH excluding ortho intramolecular Hbond substituents is 1. The maximum absolute atomic E-state index is 10.1. The Morgan fingerprint density at radius 3 is 1.84 bits per heavy atom. The van der Waals surface area contributed by atoms with Crippen LogP contribution in [0.2, 0.25) is 0 Å². The van der Waals surface area contributed by atoms with Crippen molar-refractivity contribution < 1.29 is 9.90 Å². The maximum Gasteiger partial charge on any atom is 0.153 e. The van der Waals surface area contributed by atoms with Crippen LogP contribution in [0.15, 0.2) is 48.5 Å². The topological polar surface area (TPSA) is 37.3 Å². The number of hydrogen-bond donors (Lipinski definition) is 1. The first-order chi connectivity index (χ1) is 9.31. The molecule has 3 rings (SSSR count). The number of aromatic hydroxyl groups is 1. The van der Waals surface area contributed by atoms with Gasteiger partial charge in [0.15, 0.2) is 6.29 Å². The molecule has 2 nitrogen and oxygen atoms in total. The van der Waals surface area contributed by atoms with E-state index in [9.17, 15) is 4.79 Å². The van der Waals surface area contributed by atoms with Gasteiger partial charge >= 0.3 is 0 Å². The van der Waals surface area contributed by atoms with Crippen molar-refractivity contribution in [3.8, 4) is 5.75 Å². The predicted molar refractivity (Wildman–Crippen MR) is 76.6 cm³/mol. The van der Waals surface area contributed by atoms with Gasteiger partial charge in [-0.2, -0.15) is 0 Å². The van der Waals surface area contributed by atoms with Gasteiger partial charge in [-0.05, 0) is 48.9 Å². The van der Waals surface area contributed by atoms with E-state index in [0.717, 1.165) is 0 Å². The molecule has 0 heterocycles. The Morgan fingerprint density at radius 2 is 1.37 bits per heavy atom. The molecule has 1 aliphatic rings. The van der Waals surface area contributed by atoms with Gasteiger partial charge in [0.05, 0.1) is 5.56 Å². The number of hydrogen-bond acceptors (Lipinski definition) is 2. The number of benzene rings is 2. The molecule has 1 N–H and O–H groups in total. The van der Waals surface area contributed by atoms with Gasteiger partial charge in [0.2, 0.25) is 0 Å². The molecule has 0 bridgehead atoms. The summed E-state index contributed by atoms with van der Waals surface area (Å²) in [6, 6.07) is 15.2. The van der Waals surface area contributed by atoms with Crippen LogP contribution < -0.4 is 0 Å². The van der Waals surface area contributed by atoms with Crippen molar-refractivity contribution in [1.29, 1.82) is 0 Å². The first-order valence-corrected chi connectivity index (χ1v) is 6.61. The lowest BCUT2D eigenvalue weighted by Gasteiger charge is -2.13. The monoisotopic (exact) mass is 254 g/mol. The summed E-state index contributed by atoms with van der Waals surface area (Å²) in [5, 5.41) is 8.88. The zero-order chi connectivity index (χ0) is 13.5. The fraction of sp³-hybridized carbons (Fsp3) is 0.235. The smallest absolute Gasteiger partial charge is 0.153 e. The van der Waals surface area contributed by atoms with Crippen LogP contribution in [0.4, 0.5) is 0 Å². The van der Waals surface area contributed by atoms with E-state index in [4.69, 9.17) is 5.11 Å². The first kappa shape index (κ1) is 13.3. The zero-order valence-electron chi connectivity index (χ0n) is 10.9. The molecule has 1 aliphatic carbocycles. The summed E-state index contributed by atoms with van der Waals surface area (Å²) in [6.45, 7) is 0. The summed E-state index contributed by atoms with van der Waals surface area (Å²) in [5.74, 6) is 0.0347. The van der Waals surface area contributed by atoms with Crippen LogP contribution in [-0.2, 0) is 12.8 Å².